The lowest BCUT2D eigenvalue weighted by Gasteiger charge is -2.31. The van der Waals surface area contributed by atoms with Crippen LogP contribution in [0.2, 0.25) is 0 Å². The summed E-state index contributed by atoms with van der Waals surface area (Å²) in [5.74, 6) is -0.794. The van der Waals surface area contributed by atoms with Gasteiger partial charge in [0.25, 0.3) is 0 Å². The molecule has 5 nitrogen and oxygen atoms in total. The lowest BCUT2D eigenvalue weighted by molar-refractivity contribution is -0.138. The van der Waals surface area contributed by atoms with Crippen molar-refractivity contribution in [1.29, 1.82) is 0 Å². The number of carboxylic acid groups (broad SMARTS) is 1. The van der Waals surface area contributed by atoms with Crippen LogP contribution >= 0.6 is 11.3 Å². The minimum atomic E-state index is -0.794. The van der Waals surface area contributed by atoms with Crippen LogP contribution in [0.3, 0.4) is 0 Å². The van der Waals surface area contributed by atoms with Gasteiger partial charge < -0.3 is 9.84 Å². The van der Waals surface area contributed by atoms with Crippen molar-refractivity contribution in [3.63, 3.8) is 0 Å². The number of carboxylic acids is 1. The summed E-state index contributed by atoms with van der Waals surface area (Å²) >= 11 is 1.75. The Morgan fingerprint density at radius 1 is 1.58 bits per heavy atom. The Bertz CT molecular complexity index is 414. The molecule has 0 amide bonds. The fourth-order valence-corrected chi connectivity index (χ4v) is 3.08. The smallest absolute Gasteiger partial charge is 0.305 e. The van der Waals surface area contributed by atoms with E-state index in [-0.39, 0.29) is 12.5 Å². The van der Waals surface area contributed by atoms with Crippen molar-refractivity contribution in [1.82, 2.24) is 9.88 Å². The van der Waals surface area contributed by atoms with Crippen LogP contribution in [0.4, 0.5) is 0 Å². The molecule has 1 fully saturated rings. The summed E-state index contributed by atoms with van der Waals surface area (Å²) in [5, 5.41) is 9.67. The second kappa shape index (κ2) is 6.98. The molecule has 1 aromatic heterocycles. The zero-order chi connectivity index (χ0) is 13.7. The van der Waals surface area contributed by atoms with E-state index >= 15 is 0 Å². The molecule has 106 valence electrons. The predicted molar refractivity (Wildman–Crippen MR) is 73.4 cm³/mol. The Morgan fingerprint density at radius 3 is 2.89 bits per heavy atom. The Balaban J connectivity index is 1.66. The van der Waals surface area contributed by atoms with Gasteiger partial charge in [-0.2, -0.15) is 0 Å². The highest BCUT2D eigenvalue weighted by Crippen LogP contribution is 2.19. The van der Waals surface area contributed by atoms with E-state index in [9.17, 15) is 4.79 Å². The zero-order valence-electron chi connectivity index (χ0n) is 11.2. The number of carbonyl (C=O) groups is 1. The molecule has 0 bridgehead atoms. The van der Waals surface area contributed by atoms with E-state index in [1.54, 1.807) is 11.3 Å². The largest absolute Gasteiger partial charge is 0.481 e. The van der Waals surface area contributed by atoms with Crippen LogP contribution in [-0.4, -0.2) is 46.8 Å². The summed E-state index contributed by atoms with van der Waals surface area (Å²) in [6.07, 6.45) is 4.24. The molecule has 0 atom stereocenters. The number of aliphatic carboxylic acids is 1. The minimum Gasteiger partial charge on any atom is -0.481 e. The van der Waals surface area contributed by atoms with Crippen LogP contribution < -0.4 is 0 Å². The highest BCUT2D eigenvalue weighted by atomic mass is 32.1. The predicted octanol–water partition coefficient (Wildman–Crippen LogP) is 1.91. The fourth-order valence-electron chi connectivity index (χ4n) is 2.25. The Morgan fingerprint density at radius 2 is 2.32 bits per heavy atom. The Hall–Kier alpha value is -0.980. The average Bonchev–Trinajstić information content (AvgIpc) is 2.77. The second-order valence-corrected chi connectivity index (χ2v) is 6.15. The number of ether oxygens (including phenoxy) is 1. The molecule has 0 radical (unpaired) electrons. The van der Waals surface area contributed by atoms with Gasteiger partial charge in [0.1, 0.15) is 0 Å². The number of likely N-dealkylation sites (tertiary alicyclic amines) is 1. The standard InChI is InChI=1S/C13H20N2O3S/c1-10-14-8-12(19-10)9-15-5-2-11(3-6-15)18-7-4-13(16)17/h8,11H,2-7,9H2,1H3,(H,16,17). The van der Waals surface area contributed by atoms with E-state index in [1.165, 1.54) is 4.88 Å². The van der Waals surface area contributed by atoms with Gasteiger partial charge in [-0.3, -0.25) is 9.69 Å². The first kappa shape index (κ1) is 14.4. The maximum atomic E-state index is 10.4. The maximum Gasteiger partial charge on any atom is 0.305 e. The number of hydrogen-bond acceptors (Lipinski definition) is 5. The normalized spacial score (nSPS) is 17.7. The molecule has 1 aliphatic heterocycles. The Labute approximate surface area is 117 Å². The van der Waals surface area contributed by atoms with Crippen LogP contribution in [0.5, 0.6) is 0 Å². The third-order valence-corrected chi connectivity index (χ3v) is 4.15. The highest BCUT2D eigenvalue weighted by Gasteiger charge is 2.20. The summed E-state index contributed by atoms with van der Waals surface area (Å²) in [6, 6.07) is 0. The van der Waals surface area contributed by atoms with E-state index in [0.717, 1.165) is 37.5 Å². The van der Waals surface area contributed by atoms with Crippen LogP contribution in [-0.2, 0) is 16.1 Å². The zero-order valence-corrected chi connectivity index (χ0v) is 12.0. The van der Waals surface area contributed by atoms with Gasteiger partial charge in [-0.15, -0.1) is 11.3 Å². The van der Waals surface area contributed by atoms with Gasteiger partial charge in [-0.25, -0.2) is 4.98 Å². The van der Waals surface area contributed by atoms with Crippen molar-refractivity contribution in [3.05, 3.63) is 16.1 Å². The third kappa shape index (κ3) is 4.89. The number of aromatic nitrogens is 1. The molecule has 1 saturated heterocycles. The summed E-state index contributed by atoms with van der Waals surface area (Å²) < 4.78 is 5.58. The van der Waals surface area contributed by atoms with Crippen LogP contribution in [0.15, 0.2) is 6.20 Å². The van der Waals surface area contributed by atoms with Crippen molar-refractivity contribution >= 4 is 17.3 Å². The average molecular weight is 284 g/mol. The minimum absolute atomic E-state index is 0.0976. The topological polar surface area (TPSA) is 62.7 Å². The molecule has 1 aliphatic rings. The molecule has 2 heterocycles. The van der Waals surface area contributed by atoms with Crippen molar-refractivity contribution in [3.8, 4) is 0 Å². The number of rotatable bonds is 6. The van der Waals surface area contributed by atoms with E-state index < -0.39 is 5.97 Å². The molecule has 1 N–H and O–H groups in total. The van der Waals surface area contributed by atoms with Gasteiger partial charge in [-0.05, 0) is 19.8 Å². The van der Waals surface area contributed by atoms with Crippen LogP contribution in [0.1, 0.15) is 29.1 Å². The lowest BCUT2D eigenvalue weighted by atomic mass is 10.1. The second-order valence-electron chi connectivity index (χ2n) is 4.84. The van der Waals surface area contributed by atoms with Gasteiger partial charge in [0.2, 0.25) is 0 Å². The maximum absolute atomic E-state index is 10.4. The molecule has 6 heteroatoms. The van der Waals surface area contributed by atoms with E-state index in [1.807, 2.05) is 13.1 Å². The monoisotopic (exact) mass is 284 g/mol. The first-order valence-electron chi connectivity index (χ1n) is 6.60. The molecule has 0 aromatic carbocycles. The van der Waals surface area contributed by atoms with Crippen molar-refractivity contribution < 1.29 is 14.6 Å². The molecule has 0 unspecified atom stereocenters. The first-order chi connectivity index (χ1) is 9.13. The van der Waals surface area contributed by atoms with Crippen LogP contribution in [0.25, 0.3) is 0 Å². The van der Waals surface area contributed by atoms with Gasteiger partial charge in [0.05, 0.1) is 24.1 Å². The number of nitrogens with zero attached hydrogens (tertiary/aromatic N) is 2. The van der Waals surface area contributed by atoms with E-state index in [0.29, 0.717) is 6.61 Å². The first-order valence-corrected chi connectivity index (χ1v) is 7.42. The Kier molecular flexibility index (Phi) is 5.30. The molecule has 2 rings (SSSR count). The van der Waals surface area contributed by atoms with E-state index in [2.05, 4.69) is 9.88 Å². The van der Waals surface area contributed by atoms with Gasteiger partial charge >= 0.3 is 5.97 Å². The van der Waals surface area contributed by atoms with E-state index in [4.69, 9.17) is 9.84 Å². The highest BCUT2D eigenvalue weighted by molar-refractivity contribution is 7.11. The molecule has 0 spiro atoms. The molecule has 19 heavy (non-hydrogen) atoms. The number of aryl methyl sites for hydroxylation is 1. The van der Waals surface area contributed by atoms with Crippen molar-refractivity contribution in [2.75, 3.05) is 19.7 Å². The van der Waals surface area contributed by atoms with Gasteiger partial charge in [-0.1, -0.05) is 0 Å². The quantitative estimate of drug-likeness (QED) is 0.864. The summed E-state index contributed by atoms with van der Waals surface area (Å²) in [5.41, 5.74) is 0. The number of thiazole rings is 1. The van der Waals surface area contributed by atoms with Gasteiger partial charge in [0.15, 0.2) is 0 Å². The number of hydrogen-bond donors (Lipinski definition) is 1. The van der Waals surface area contributed by atoms with Gasteiger partial charge in [0, 0.05) is 30.7 Å². The number of piperidine rings is 1. The lowest BCUT2D eigenvalue weighted by Crippen LogP contribution is -2.36. The SMILES string of the molecule is Cc1ncc(CN2CCC(OCCC(=O)O)CC2)s1. The van der Waals surface area contributed by atoms with Crippen LogP contribution in [0, 0.1) is 6.92 Å². The molecule has 0 saturated carbocycles. The summed E-state index contributed by atoms with van der Waals surface area (Å²) in [7, 11) is 0. The summed E-state index contributed by atoms with van der Waals surface area (Å²) in [6.45, 7) is 5.33. The summed E-state index contributed by atoms with van der Waals surface area (Å²) in [4.78, 5) is 18.4. The molecule has 0 aliphatic carbocycles. The third-order valence-electron chi connectivity index (χ3n) is 3.25. The molecule has 1 aromatic rings. The molecular weight excluding hydrogens is 264 g/mol. The van der Waals surface area contributed by atoms with Crippen molar-refractivity contribution in [2.24, 2.45) is 0 Å². The fraction of sp³-hybridized carbons (Fsp3) is 0.692. The van der Waals surface area contributed by atoms with Crippen molar-refractivity contribution in [2.45, 2.75) is 38.8 Å². The molecular formula is C13H20N2O3S.